The van der Waals surface area contributed by atoms with Crippen LogP contribution in [0.4, 0.5) is 4.39 Å². The Kier molecular flexibility index (Phi) is 7.29. The molecule has 2 rings (SSSR count). The number of fused-ring (bicyclic) bond motifs is 1. The van der Waals surface area contributed by atoms with Gasteiger partial charge >= 0.3 is 0 Å². The highest BCUT2D eigenvalue weighted by Gasteiger charge is 2.11. The molecule has 0 unspecified atom stereocenters. The first kappa shape index (κ1) is 17.0. The van der Waals surface area contributed by atoms with E-state index in [-0.39, 0.29) is 11.3 Å². The van der Waals surface area contributed by atoms with Crippen LogP contribution >= 0.6 is 0 Å². The van der Waals surface area contributed by atoms with Crippen molar-refractivity contribution in [1.82, 2.24) is 0 Å². The molecule has 2 heteroatoms. The monoisotopic (exact) mass is 260 g/mol. The summed E-state index contributed by atoms with van der Waals surface area (Å²) >= 11 is 0. The van der Waals surface area contributed by atoms with Crippen molar-refractivity contribution in [3.63, 3.8) is 0 Å². The summed E-state index contributed by atoms with van der Waals surface area (Å²) < 4.78 is 13.5. The minimum absolute atomic E-state index is 0.0785. The van der Waals surface area contributed by atoms with Gasteiger partial charge in [-0.25, -0.2) is 4.39 Å². The molecule has 1 N–H and O–H groups in total. The third-order valence-corrected chi connectivity index (χ3v) is 2.45. The molecule has 1 nitrogen and oxygen atoms in total. The summed E-state index contributed by atoms with van der Waals surface area (Å²) in [6, 6.07) is 6.41. The zero-order chi connectivity index (χ0) is 15.0. The van der Waals surface area contributed by atoms with Crippen LogP contribution in [0.3, 0.4) is 0 Å². The summed E-state index contributed by atoms with van der Waals surface area (Å²) in [4.78, 5) is 0. The van der Waals surface area contributed by atoms with Gasteiger partial charge in [0, 0.05) is 16.8 Å². The highest BCUT2D eigenvalue weighted by molar-refractivity contribution is 5.95. The normalized spacial score (nSPS) is 8.68. The lowest BCUT2D eigenvalue weighted by atomic mass is 9.99. The lowest BCUT2D eigenvalue weighted by molar-refractivity contribution is 0.475. The van der Waals surface area contributed by atoms with Gasteiger partial charge in [0.25, 0.3) is 0 Å². The number of halogens is 1. The van der Waals surface area contributed by atoms with E-state index in [4.69, 9.17) is 6.42 Å². The fraction of sp³-hybridized carbons (Fsp3) is 0.294. The molecule has 0 bridgehead atoms. The molecule has 0 aliphatic rings. The lowest BCUT2D eigenvalue weighted by Gasteiger charge is -2.07. The molecule has 2 aromatic rings. The van der Waals surface area contributed by atoms with E-state index in [2.05, 4.69) is 5.92 Å². The molecule has 0 amide bonds. The van der Waals surface area contributed by atoms with E-state index >= 15 is 0 Å². The van der Waals surface area contributed by atoms with Gasteiger partial charge < -0.3 is 5.11 Å². The smallest absolute Gasteiger partial charge is 0.143 e. The van der Waals surface area contributed by atoms with Crippen molar-refractivity contribution in [1.29, 1.82) is 0 Å². The molecular formula is C17H21FO. The summed E-state index contributed by atoms with van der Waals surface area (Å²) in [7, 11) is 0. The van der Waals surface area contributed by atoms with Gasteiger partial charge in [-0.15, -0.1) is 6.42 Å². The summed E-state index contributed by atoms with van der Waals surface area (Å²) in [5.74, 6) is 1.68. The average Bonchev–Trinajstić information content (AvgIpc) is 2.45. The van der Waals surface area contributed by atoms with Gasteiger partial charge in [-0.1, -0.05) is 51.8 Å². The van der Waals surface area contributed by atoms with Crippen LogP contribution in [0.1, 0.15) is 38.8 Å². The first-order valence-electron chi connectivity index (χ1n) is 6.52. The third kappa shape index (κ3) is 3.48. The average molecular weight is 260 g/mol. The zero-order valence-electron chi connectivity index (χ0n) is 12.2. The maximum atomic E-state index is 13.5. The molecule has 0 aliphatic heterocycles. The van der Waals surface area contributed by atoms with Gasteiger partial charge in [0.15, 0.2) is 0 Å². The predicted molar refractivity (Wildman–Crippen MR) is 80.9 cm³/mol. The number of hydrogen-bond donors (Lipinski definition) is 1. The van der Waals surface area contributed by atoms with Crippen molar-refractivity contribution in [2.75, 3.05) is 0 Å². The van der Waals surface area contributed by atoms with Gasteiger partial charge in [0.05, 0.1) is 5.56 Å². The number of hydrogen-bond acceptors (Lipinski definition) is 1. The van der Waals surface area contributed by atoms with Gasteiger partial charge in [0.1, 0.15) is 11.6 Å². The van der Waals surface area contributed by atoms with Crippen molar-refractivity contribution >= 4 is 10.8 Å². The first-order valence-corrected chi connectivity index (χ1v) is 6.52. The van der Waals surface area contributed by atoms with E-state index < -0.39 is 5.82 Å². The molecule has 0 saturated carbocycles. The van der Waals surface area contributed by atoms with Crippen molar-refractivity contribution in [2.24, 2.45) is 0 Å². The molecule has 19 heavy (non-hydrogen) atoms. The molecule has 0 heterocycles. The van der Waals surface area contributed by atoms with Crippen molar-refractivity contribution in [3.8, 4) is 18.1 Å². The molecule has 102 valence electrons. The Bertz CT molecular complexity index is 580. The minimum Gasteiger partial charge on any atom is -0.507 e. The minimum atomic E-state index is -0.559. The molecule has 0 saturated heterocycles. The largest absolute Gasteiger partial charge is 0.507 e. The molecule has 0 fully saturated rings. The number of aromatic hydroxyl groups is 1. The van der Waals surface area contributed by atoms with Crippen LogP contribution in [0.2, 0.25) is 0 Å². The van der Waals surface area contributed by atoms with Crippen molar-refractivity contribution < 1.29 is 9.50 Å². The molecule has 0 atom stereocenters. The number of aryl methyl sites for hydroxylation is 1. The van der Waals surface area contributed by atoms with Crippen LogP contribution in [0, 0.1) is 25.1 Å². The third-order valence-electron chi connectivity index (χ3n) is 2.45. The molecule has 2 aromatic carbocycles. The van der Waals surface area contributed by atoms with Gasteiger partial charge in [-0.2, -0.15) is 0 Å². The first-order chi connectivity index (χ1) is 9.15. The van der Waals surface area contributed by atoms with E-state index in [0.717, 1.165) is 11.6 Å². The van der Waals surface area contributed by atoms with Crippen molar-refractivity contribution in [2.45, 2.75) is 34.6 Å². The second-order valence-corrected chi connectivity index (χ2v) is 3.39. The predicted octanol–water partition coefficient (Wildman–Crippen LogP) is 5.03. The number of rotatable bonds is 0. The Morgan fingerprint density at radius 2 is 1.74 bits per heavy atom. The van der Waals surface area contributed by atoms with Gasteiger partial charge in [-0.05, 0) is 12.5 Å². The number of terminal acetylenes is 1. The fourth-order valence-electron chi connectivity index (χ4n) is 1.74. The van der Waals surface area contributed by atoms with E-state index in [9.17, 15) is 9.50 Å². The molecule has 0 spiro atoms. The molecule has 0 aromatic heterocycles. The van der Waals surface area contributed by atoms with Crippen LogP contribution in [-0.4, -0.2) is 5.11 Å². The van der Waals surface area contributed by atoms with Crippen LogP contribution in [0.15, 0.2) is 24.3 Å². The Hall–Kier alpha value is -2.01. The zero-order valence-corrected chi connectivity index (χ0v) is 12.2. The SMILES string of the molecule is C#Cc1c(F)cc(O)c2cccc(C)c12.CC.CC. The molecule has 0 aliphatic carbocycles. The molecular weight excluding hydrogens is 239 g/mol. The Morgan fingerprint density at radius 3 is 2.26 bits per heavy atom. The van der Waals surface area contributed by atoms with E-state index in [0.29, 0.717) is 10.8 Å². The summed E-state index contributed by atoms with van der Waals surface area (Å²) in [5, 5.41) is 10.8. The van der Waals surface area contributed by atoms with Crippen molar-refractivity contribution in [3.05, 3.63) is 41.2 Å². The lowest BCUT2D eigenvalue weighted by Crippen LogP contribution is -1.89. The summed E-state index contributed by atoms with van der Waals surface area (Å²) in [6.07, 6.45) is 5.26. The summed E-state index contributed by atoms with van der Waals surface area (Å²) in [6.45, 7) is 9.84. The fourth-order valence-corrected chi connectivity index (χ4v) is 1.74. The quantitative estimate of drug-likeness (QED) is 0.659. The summed E-state index contributed by atoms with van der Waals surface area (Å²) in [5.41, 5.74) is 1.07. The number of benzene rings is 2. The Morgan fingerprint density at radius 1 is 1.16 bits per heavy atom. The standard InChI is InChI=1S/C13H9FO.2C2H6/c1-3-9-11(14)7-12(15)10-6-4-5-8(2)13(9)10;2*1-2/h1,4-7,15H,2H3;2*1-2H3. The maximum Gasteiger partial charge on any atom is 0.143 e. The van der Waals surface area contributed by atoms with Crippen LogP contribution in [0.25, 0.3) is 10.8 Å². The second kappa shape index (κ2) is 8.16. The van der Waals surface area contributed by atoms with Gasteiger partial charge in [0.2, 0.25) is 0 Å². The van der Waals surface area contributed by atoms with E-state index in [1.165, 1.54) is 0 Å². The van der Waals surface area contributed by atoms with Crippen LogP contribution < -0.4 is 0 Å². The van der Waals surface area contributed by atoms with Crippen LogP contribution in [-0.2, 0) is 0 Å². The highest BCUT2D eigenvalue weighted by atomic mass is 19.1. The maximum absolute atomic E-state index is 13.5. The highest BCUT2D eigenvalue weighted by Crippen LogP contribution is 2.31. The van der Waals surface area contributed by atoms with E-state index in [1.54, 1.807) is 12.1 Å². The van der Waals surface area contributed by atoms with Crippen LogP contribution in [0.5, 0.6) is 5.75 Å². The number of phenols is 1. The van der Waals surface area contributed by atoms with Gasteiger partial charge in [-0.3, -0.25) is 0 Å². The Labute approximate surface area is 115 Å². The Balaban J connectivity index is 0.000000741. The second-order valence-electron chi connectivity index (χ2n) is 3.39. The topological polar surface area (TPSA) is 20.2 Å². The molecule has 0 radical (unpaired) electrons. The number of phenolic OH excluding ortho intramolecular Hbond substituents is 1. The van der Waals surface area contributed by atoms with E-state index in [1.807, 2.05) is 40.7 Å².